The largest absolute Gasteiger partial charge is 0.494 e. The summed E-state index contributed by atoms with van der Waals surface area (Å²) in [6.07, 6.45) is 0.562. The Kier molecular flexibility index (Phi) is 6.88. The monoisotopic (exact) mass is 448 g/mol. The van der Waals surface area contributed by atoms with E-state index in [-0.39, 0.29) is 30.8 Å². The number of anilines is 1. The van der Waals surface area contributed by atoms with Gasteiger partial charge >= 0.3 is 0 Å². The van der Waals surface area contributed by atoms with Crippen LogP contribution in [0.15, 0.2) is 66.7 Å². The van der Waals surface area contributed by atoms with Gasteiger partial charge in [-0.05, 0) is 55.8 Å². The number of carbonyl (C=O) groups excluding carboxylic acids is 2. The Balaban J connectivity index is 1.38. The van der Waals surface area contributed by atoms with Crippen molar-refractivity contribution < 1.29 is 23.5 Å². The molecule has 6 nitrogen and oxygen atoms in total. The van der Waals surface area contributed by atoms with Crippen LogP contribution in [0.2, 0.25) is 0 Å². The molecule has 0 unspecified atom stereocenters. The molecule has 0 bridgehead atoms. The summed E-state index contributed by atoms with van der Waals surface area (Å²) in [7, 11) is 0. The van der Waals surface area contributed by atoms with Crippen molar-refractivity contribution in [3.63, 3.8) is 0 Å². The lowest BCUT2D eigenvalue weighted by Gasteiger charge is -2.29. The molecule has 0 aromatic heterocycles. The number of hydrogen-bond acceptors (Lipinski definition) is 4. The summed E-state index contributed by atoms with van der Waals surface area (Å²) in [5.41, 5.74) is 2.40. The van der Waals surface area contributed by atoms with E-state index in [1.807, 2.05) is 6.92 Å². The summed E-state index contributed by atoms with van der Waals surface area (Å²) in [4.78, 5) is 27.0. The van der Waals surface area contributed by atoms with Gasteiger partial charge in [0.2, 0.25) is 0 Å². The third-order valence-corrected chi connectivity index (χ3v) is 5.41. The normalized spacial score (nSPS) is 12.8. The lowest BCUT2D eigenvalue weighted by molar-refractivity contribution is -0.118. The standard InChI is InChI=1S/C26H25FN2O4/c1-2-32-20-12-10-19(11-13-20)28-25(30)17-33-24-9-5-7-22-21(24)14-15-29(26(22)31)16-18-6-3-4-8-23(18)27/h3-13H,2,14-17H2,1H3,(H,28,30). The molecule has 0 atom stereocenters. The average molecular weight is 448 g/mol. The summed E-state index contributed by atoms with van der Waals surface area (Å²) in [5.74, 6) is 0.431. The fourth-order valence-corrected chi connectivity index (χ4v) is 3.80. The van der Waals surface area contributed by atoms with Gasteiger partial charge in [-0.3, -0.25) is 9.59 Å². The highest BCUT2D eigenvalue weighted by molar-refractivity contribution is 5.97. The first kappa shape index (κ1) is 22.3. The first-order valence-electron chi connectivity index (χ1n) is 10.8. The Labute approximate surface area is 191 Å². The second kappa shape index (κ2) is 10.2. The lowest BCUT2D eigenvalue weighted by atomic mass is 9.97. The van der Waals surface area contributed by atoms with Crippen molar-refractivity contribution in [2.75, 3.05) is 25.1 Å². The lowest BCUT2D eigenvalue weighted by Crippen LogP contribution is -2.37. The minimum absolute atomic E-state index is 0.177. The van der Waals surface area contributed by atoms with E-state index in [9.17, 15) is 14.0 Å². The van der Waals surface area contributed by atoms with Crippen LogP contribution in [0.5, 0.6) is 11.5 Å². The molecular formula is C26H25FN2O4. The summed E-state index contributed by atoms with van der Waals surface area (Å²) >= 11 is 0. The first-order valence-corrected chi connectivity index (χ1v) is 10.8. The van der Waals surface area contributed by atoms with Crippen molar-refractivity contribution in [2.45, 2.75) is 19.9 Å². The van der Waals surface area contributed by atoms with Gasteiger partial charge in [-0.15, -0.1) is 0 Å². The zero-order valence-corrected chi connectivity index (χ0v) is 18.3. The highest BCUT2D eigenvalue weighted by Gasteiger charge is 2.27. The minimum Gasteiger partial charge on any atom is -0.494 e. The number of halogens is 1. The van der Waals surface area contributed by atoms with Gasteiger partial charge < -0.3 is 19.7 Å². The van der Waals surface area contributed by atoms with Gasteiger partial charge in [0.05, 0.1) is 6.61 Å². The van der Waals surface area contributed by atoms with Crippen LogP contribution in [0, 0.1) is 5.82 Å². The summed E-state index contributed by atoms with van der Waals surface area (Å²) in [5, 5.41) is 2.78. The van der Waals surface area contributed by atoms with Crippen LogP contribution < -0.4 is 14.8 Å². The van der Waals surface area contributed by atoms with E-state index in [1.165, 1.54) is 6.07 Å². The van der Waals surface area contributed by atoms with E-state index >= 15 is 0 Å². The van der Waals surface area contributed by atoms with Crippen LogP contribution in [0.25, 0.3) is 0 Å². The molecule has 2 amide bonds. The number of benzene rings is 3. The topological polar surface area (TPSA) is 67.9 Å². The second-order valence-corrected chi connectivity index (χ2v) is 7.64. The average Bonchev–Trinajstić information content (AvgIpc) is 2.82. The van der Waals surface area contributed by atoms with Gasteiger partial charge in [0.25, 0.3) is 11.8 Å². The molecule has 0 aliphatic carbocycles. The molecule has 33 heavy (non-hydrogen) atoms. The first-order chi connectivity index (χ1) is 16.0. The molecule has 0 saturated carbocycles. The number of rotatable bonds is 8. The van der Waals surface area contributed by atoms with E-state index in [2.05, 4.69) is 5.32 Å². The minimum atomic E-state index is -0.327. The molecule has 170 valence electrons. The Morgan fingerprint density at radius 1 is 1.03 bits per heavy atom. The van der Waals surface area contributed by atoms with Crippen molar-refractivity contribution >= 4 is 17.5 Å². The number of nitrogens with zero attached hydrogens (tertiary/aromatic N) is 1. The maximum Gasteiger partial charge on any atom is 0.262 e. The predicted octanol–water partition coefficient (Wildman–Crippen LogP) is 4.44. The summed E-state index contributed by atoms with van der Waals surface area (Å²) in [6.45, 7) is 2.95. The molecular weight excluding hydrogens is 423 g/mol. The van der Waals surface area contributed by atoms with Crippen LogP contribution in [0.1, 0.15) is 28.4 Å². The van der Waals surface area contributed by atoms with Crippen LogP contribution >= 0.6 is 0 Å². The number of fused-ring (bicyclic) bond motifs is 1. The Bertz CT molecular complexity index is 1150. The fourth-order valence-electron chi connectivity index (χ4n) is 3.80. The van der Waals surface area contributed by atoms with Crippen LogP contribution in [0.4, 0.5) is 10.1 Å². The van der Waals surface area contributed by atoms with Crippen molar-refractivity contribution in [2.24, 2.45) is 0 Å². The maximum atomic E-state index is 14.0. The molecule has 0 radical (unpaired) electrons. The molecule has 0 saturated heterocycles. The van der Waals surface area contributed by atoms with E-state index in [0.29, 0.717) is 42.1 Å². The number of hydrogen-bond donors (Lipinski definition) is 1. The van der Waals surface area contributed by atoms with Crippen molar-refractivity contribution in [3.05, 3.63) is 89.2 Å². The number of amides is 2. The molecule has 3 aromatic rings. The maximum absolute atomic E-state index is 14.0. The highest BCUT2D eigenvalue weighted by atomic mass is 19.1. The molecule has 1 aliphatic rings. The van der Waals surface area contributed by atoms with Gasteiger partial charge in [0.1, 0.15) is 17.3 Å². The number of carbonyl (C=O) groups is 2. The van der Waals surface area contributed by atoms with Crippen molar-refractivity contribution in [1.82, 2.24) is 4.90 Å². The van der Waals surface area contributed by atoms with Gasteiger partial charge in [-0.1, -0.05) is 24.3 Å². The molecule has 7 heteroatoms. The van der Waals surface area contributed by atoms with Gasteiger partial charge in [0.15, 0.2) is 6.61 Å². The molecule has 1 heterocycles. The van der Waals surface area contributed by atoms with E-state index in [1.54, 1.807) is 65.6 Å². The third-order valence-electron chi connectivity index (χ3n) is 5.41. The second-order valence-electron chi connectivity index (χ2n) is 7.64. The SMILES string of the molecule is CCOc1ccc(NC(=O)COc2cccc3c2CCN(Cc2ccccc2F)C3=O)cc1. The van der Waals surface area contributed by atoms with Crippen LogP contribution in [-0.2, 0) is 17.8 Å². The number of nitrogens with one attached hydrogen (secondary N) is 1. The number of ether oxygens (including phenoxy) is 2. The fraction of sp³-hybridized carbons (Fsp3) is 0.231. The molecule has 3 aromatic carbocycles. The van der Waals surface area contributed by atoms with Gasteiger partial charge in [0, 0.05) is 35.5 Å². The quantitative estimate of drug-likeness (QED) is 0.553. The van der Waals surface area contributed by atoms with Gasteiger partial charge in [-0.25, -0.2) is 4.39 Å². The summed E-state index contributed by atoms with van der Waals surface area (Å²) < 4.78 is 25.2. The molecule has 1 N–H and O–H groups in total. The van der Waals surface area contributed by atoms with Crippen molar-refractivity contribution in [1.29, 1.82) is 0 Å². The Morgan fingerprint density at radius 2 is 1.82 bits per heavy atom. The predicted molar refractivity (Wildman–Crippen MR) is 123 cm³/mol. The highest BCUT2D eigenvalue weighted by Crippen LogP contribution is 2.29. The zero-order valence-electron chi connectivity index (χ0n) is 18.3. The third kappa shape index (κ3) is 5.31. The molecule has 0 spiro atoms. The zero-order chi connectivity index (χ0) is 23.2. The Morgan fingerprint density at radius 3 is 2.58 bits per heavy atom. The molecule has 0 fully saturated rings. The van der Waals surface area contributed by atoms with Crippen LogP contribution in [-0.4, -0.2) is 36.5 Å². The van der Waals surface area contributed by atoms with Crippen molar-refractivity contribution in [3.8, 4) is 11.5 Å². The Hall–Kier alpha value is -3.87. The smallest absolute Gasteiger partial charge is 0.262 e. The summed E-state index contributed by atoms with van der Waals surface area (Å²) in [6, 6.07) is 18.8. The molecule has 4 rings (SSSR count). The van der Waals surface area contributed by atoms with E-state index < -0.39 is 0 Å². The van der Waals surface area contributed by atoms with Gasteiger partial charge in [-0.2, -0.15) is 0 Å². The molecule has 1 aliphatic heterocycles. The van der Waals surface area contributed by atoms with Crippen LogP contribution in [0.3, 0.4) is 0 Å². The van der Waals surface area contributed by atoms with E-state index in [0.717, 1.165) is 11.3 Å². The van der Waals surface area contributed by atoms with E-state index in [4.69, 9.17) is 9.47 Å².